The molecular weight excluding hydrogens is 580 g/mol. The first-order valence-corrected chi connectivity index (χ1v) is 20.4. The Kier molecular flexibility index (Phi) is 8.63. The summed E-state index contributed by atoms with van der Waals surface area (Å²) < 4.78 is 2.95. The van der Waals surface area contributed by atoms with E-state index in [-0.39, 0.29) is 0 Å². The fourth-order valence-corrected chi connectivity index (χ4v) is 18.1. The predicted octanol–water partition coefficient (Wildman–Crippen LogP) is 11.8. The van der Waals surface area contributed by atoms with Gasteiger partial charge in [-0.15, -0.1) is 11.1 Å². The molecule has 45 heavy (non-hydrogen) atoms. The van der Waals surface area contributed by atoms with E-state index in [0.29, 0.717) is 11.3 Å². The summed E-state index contributed by atoms with van der Waals surface area (Å²) in [5.41, 5.74) is 3.61. The van der Waals surface area contributed by atoms with Crippen molar-refractivity contribution in [1.29, 1.82) is 0 Å². The molecule has 1 aliphatic rings. The zero-order valence-electron chi connectivity index (χ0n) is 26.3. The Bertz CT molecular complexity index is 1770. The molecule has 1 heterocycles. The summed E-state index contributed by atoms with van der Waals surface area (Å²) in [6.45, 7) is 14.2. The van der Waals surface area contributed by atoms with Crippen molar-refractivity contribution in [2.45, 2.75) is 43.9 Å². The molecule has 3 heteroatoms. The van der Waals surface area contributed by atoms with Gasteiger partial charge in [-0.3, -0.25) is 0 Å². The monoisotopic (exact) mass is 623 g/mol. The van der Waals surface area contributed by atoms with E-state index >= 15 is 0 Å². The number of hydrogen-bond donors (Lipinski definition) is 0. The lowest BCUT2D eigenvalue weighted by Gasteiger charge is -2.51. The summed E-state index contributed by atoms with van der Waals surface area (Å²) in [5, 5.41) is 7.92. The normalized spacial score (nSPS) is 18.1. The molecular formula is C42H43NP2. The van der Waals surface area contributed by atoms with E-state index in [2.05, 4.69) is 157 Å². The van der Waals surface area contributed by atoms with E-state index in [4.69, 9.17) is 13.3 Å². The quantitative estimate of drug-likeness (QED) is 0.114. The number of fused-ring (bicyclic) bond motifs is 2. The van der Waals surface area contributed by atoms with Crippen molar-refractivity contribution in [3.05, 3.63) is 170 Å². The number of hydrogen-bond acceptors (Lipinski definition) is 1. The molecule has 1 nitrogen and oxygen atoms in total. The SMILES string of the molecule is [CH2-][P+](c1ccccc1)(c1ccccc1)N(CCCC)[P+]1([CH2-])[C@H](c2ccc3ccccc3c2)CC[C@H]1c1ccc2ccccc2c1. The molecule has 1 saturated heterocycles. The summed E-state index contributed by atoms with van der Waals surface area (Å²) >= 11 is 0. The van der Waals surface area contributed by atoms with Gasteiger partial charge in [-0.25, -0.2) is 0 Å². The minimum atomic E-state index is -2.27. The molecule has 2 atom stereocenters. The molecule has 6 aromatic rings. The molecule has 0 unspecified atom stereocenters. The Morgan fingerprint density at radius 1 is 0.600 bits per heavy atom. The van der Waals surface area contributed by atoms with Crippen LogP contribution in [0.25, 0.3) is 21.5 Å². The first kappa shape index (κ1) is 30.3. The smallest absolute Gasteiger partial charge is 0.0906 e. The summed E-state index contributed by atoms with van der Waals surface area (Å²) in [6, 6.07) is 54.3. The lowest BCUT2D eigenvalue weighted by Crippen LogP contribution is -2.37. The minimum absolute atomic E-state index is 0.365. The van der Waals surface area contributed by atoms with E-state index in [1.165, 1.54) is 43.3 Å². The number of nitrogens with zero attached hydrogens (tertiary/aromatic N) is 1. The maximum atomic E-state index is 5.54. The van der Waals surface area contributed by atoms with Crippen LogP contribution in [0.4, 0.5) is 0 Å². The van der Waals surface area contributed by atoms with Crippen LogP contribution < -0.4 is 10.6 Å². The molecule has 0 amide bonds. The van der Waals surface area contributed by atoms with Crippen LogP contribution in [0, 0.1) is 13.3 Å². The molecule has 0 N–H and O–H groups in total. The molecule has 6 aromatic carbocycles. The van der Waals surface area contributed by atoms with E-state index in [1.807, 2.05) is 0 Å². The highest BCUT2D eigenvalue weighted by Gasteiger charge is 2.60. The van der Waals surface area contributed by atoms with Gasteiger partial charge in [0.1, 0.15) is 0 Å². The third kappa shape index (κ3) is 5.44. The number of benzene rings is 6. The Balaban J connectivity index is 1.48. The molecule has 0 saturated carbocycles. The summed E-state index contributed by atoms with van der Waals surface area (Å²) in [7, 11) is -4.43. The molecule has 1 aliphatic heterocycles. The van der Waals surface area contributed by atoms with Crippen molar-refractivity contribution in [1.82, 2.24) is 4.44 Å². The van der Waals surface area contributed by atoms with Crippen LogP contribution in [0.1, 0.15) is 55.1 Å². The predicted molar refractivity (Wildman–Crippen MR) is 201 cm³/mol. The molecule has 7 rings (SSSR count). The van der Waals surface area contributed by atoms with Crippen LogP contribution in [0.2, 0.25) is 0 Å². The van der Waals surface area contributed by atoms with Gasteiger partial charge in [-0.1, -0.05) is 123 Å². The zero-order valence-corrected chi connectivity index (χ0v) is 28.1. The standard InChI is InChI=1S/C42H43NP2/c1-4-5-30-43(44(2,39-20-8-6-9-21-39)40-22-10-7-11-23-40)45(3)41(37-26-24-33-16-12-14-18-35(33)31-37)28-29-42(45)38-27-25-34-17-13-15-19-36(34)32-38/h6-27,31-32,41-42H,2-5,28-30H2,1H3/t41-,42-/m0/s1. The van der Waals surface area contributed by atoms with Gasteiger partial charge < -0.3 is 0 Å². The van der Waals surface area contributed by atoms with E-state index in [0.717, 1.165) is 32.2 Å². The second-order valence-corrected chi connectivity index (χ2v) is 19.5. The highest BCUT2D eigenvalue weighted by molar-refractivity contribution is 7.97. The Morgan fingerprint density at radius 2 is 1.02 bits per heavy atom. The Hall–Kier alpha value is -3.34. The van der Waals surface area contributed by atoms with Crippen LogP contribution in [0.3, 0.4) is 0 Å². The average molecular weight is 624 g/mol. The molecule has 0 radical (unpaired) electrons. The number of rotatable bonds is 9. The first-order valence-electron chi connectivity index (χ1n) is 16.4. The maximum Gasteiger partial charge on any atom is 0.0906 e. The van der Waals surface area contributed by atoms with Crippen molar-refractivity contribution in [3.63, 3.8) is 0 Å². The molecule has 1 fully saturated rings. The summed E-state index contributed by atoms with van der Waals surface area (Å²) in [5.74, 6) is 0. The lowest BCUT2D eigenvalue weighted by molar-refractivity contribution is 0.620. The molecule has 0 aromatic heterocycles. The van der Waals surface area contributed by atoms with E-state index < -0.39 is 14.8 Å². The zero-order chi connectivity index (χ0) is 30.9. The second-order valence-electron chi connectivity index (χ2n) is 12.6. The summed E-state index contributed by atoms with van der Waals surface area (Å²) in [6.07, 6.45) is 4.54. The van der Waals surface area contributed by atoms with Gasteiger partial charge in [0, 0.05) is 7.41 Å². The molecule has 0 spiro atoms. The van der Waals surface area contributed by atoms with Crippen molar-refractivity contribution in [2.24, 2.45) is 0 Å². The Morgan fingerprint density at radius 3 is 1.47 bits per heavy atom. The van der Waals surface area contributed by atoms with Crippen molar-refractivity contribution >= 4 is 47.0 Å². The molecule has 0 bridgehead atoms. The largest absolute Gasteiger partial charge is 0.158 e. The van der Waals surface area contributed by atoms with Crippen LogP contribution in [-0.2, 0) is 0 Å². The summed E-state index contributed by atoms with van der Waals surface area (Å²) in [4.78, 5) is 0. The maximum absolute atomic E-state index is 5.54. The first-order chi connectivity index (χ1) is 22.0. The van der Waals surface area contributed by atoms with Gasteiger partial charge in [0.15, 0.2) is 0 Å². The minimum Gasteiger partial charge on any atom is -0.158 e. The van der Waals surface area contributed by atoms with Crippen molar-refractivity contribution in [3.8, 4) is 0 Å². The van der Waals surface area contributed by atoms with Crippen LogP contribution in [0.15, 0.2) is 146 Å². The molecule has 0 aliphatic carbocycles. The third-order valence-electron chi connectivity index (χ3n) is 10.0. The van der Waals surface area contributed by atoms with Gasteiger partial charge in [0.05, 0.1) is 35.9 Å². The fraction of sp³-hybridized carbons (Fsp3) is 0.190. The lowest BCUT2D eigenvalue weighted by atomic mass is 10.00. The second kappa shape index (κ2) is 12.8. The highest BCUT2D eigenvalue weighted by atomic mass is 31.2. The van der Waals surface area contributed by atoms with Crippen molar-refractivity contribution in [2.75, 3.05) is 6.54 Å². The van der Waals surface area contributed by atoms with E-state index in [1.54, 1.807) is 0 Å². The van der Waals surface area contributed by atoms with Crippen LogP contribution in [-0.4, -0.2) is 11.0 Å². The van der Waals surface area contributed by atoms with Crippen LogP contribution >= 0.6 is 14.8 Å². The number of unbranched alkanes of at least 4 members (excludes halogenated alkanes) is 1. The Labute approximate surface area is 271 Å². The van der Waals surface area contributed by atoms with Gasteiger partial charge >= 0.3 is 0 Å². The third-order valence-corrected chi connectivity index (χ3v) is 19.6. The van der Waals surface area contributed by atoms with Gasteiger partial charge in [-0.2, -0.15) is 6.66 Å². The topological polar surface area (TPSA) is 3.24 Å². The van der Waals surface area contributed by atoms with Crippen LogP contribution in [0.5, 0.6) is 0 Å². The van der Waals surface area contributed by atoms with Gasteiger partial charge in [0.2, 0.25) is 0 Å². The van der Waals surface area contributed by atoms with Gasteiger partial charge in [0.25, 0.3) is 0 Å². The van der Waals surface area contributed by atoms with Crippen molar-refractivity contribution < 1.29 is 0 Å². The molecule has 226 valence electrons. The highest BCUT2D eigenvalue weighted by Crippen LogP contribution is 2.91. The van der Waals surface area contributed by atoms with E-state index in [9.17, 15) is 0 Å². The fourth-order valence-electron chi connectivity index (χ4n) is 7.69. The average Bonchev–Trinajstić information content (AvgIpc) is 3.45. The van der Waals surface area contributed by atoms with Gasteiger partial charge in [-0.05, 0) is 88.3 Å².